The largest absolute Gasteiger partial charge is 0.490 e. The van der Waals surface area contributed by atoms with Crippen molar-refractivity contribution in [1.29, 1.82) is 0 Å². The van der Waals surface area contributed by atoms with Crippen molar-refractivity contribution in [1.82, 2.24) is 14.5 Å². The third kappa shape index (κ3) is 8.13. The maximum absolute atomic E-state index is 14.1. The Hall–Kier alpha value is -2.56. The maximum atomic E-state index is 14.1. The average molecular weight is 780 g/mol. The molecule has 2 aliphatic carbocycles. The van der Waals surface area contributed by atoms with Crippen molar-refractivity contribution in [2.24, 2.45) is 23.2 Å². The summed E-state index contributed by atoms with van der Waals surface area (Å²) in [6, 6.07) is 12.1. The van der Waals surface area contributed by atoms with Crippen LogP contribution in [0.2, 0.25) is 5.02 Å². The van der Waals surface area contributed by atoms with E-state index in [-0.39, 0.29) is 27.9 Å². The summed E-state index contributed by atoms with van der Waals surface area (Å²) >= 11 is 6.53. The number of benzene rings is 2. The van der Waals surface area contributed by atoms with Gasteiger partial charge in [-0.15, -0.1) is 0 Å². The molecule has 1 saturated carbocycles. The van der Waals surface area contributed by atoms with Crippen LogP contribution in [0.4, 0.5) is 5.69 Å². The zero-order valence-electron chi connectivity index (χ0n) is 33.5. The number of rotatable bonds is 4. The number of amides is 1. The van der Waals surface area contributed by atoms with Gasteiger partial charge in [-0.2, -0.15) is 0 Å². The van der Waals surface area contributed by atoms with Crippen molar-refractivity contribution >= 4 is 38.8 Å². The fourth-order valence-corrected chi connectivity index (χ4v) is 11.7. The molecule has 1 spiro atoms. The van der Waals surface area contributed by atoms with E-state index in [1.165, 1.54) is 11.1 Å². The molecule has 8 nitrogen and oxygen atoms in total. The van der Waals surface area contributed by atoms with E-state index in [1.54, 1.807) is 6.07 Å². The molecule has 0 radical (unpaired) electrons. The predicted octanol–water partition coefficient (Wildman–Crippen LogP) is 7.23. The first kappa shape index (κ1) is 39.7. The standard InChI is InChI=1S/C44H63ClN4O4S/c1-31-10-8-19-44(52-6,29-48-22-20-47(21-23-48)27-42(3,4)5)38-15-12-35(38)26-49-28-43(18-9-11-33-24-36(45)14-16-37(33)43)30-53-40-17-13-34(25-39(40)49)41(50)46-54(7,51)32(31)2/h8,13-14,16-17,19,24-25,31-32,35,38H,7,9-12,15,18,20-23,26-30H2,1-6H3,(H,46,50,51)/b19-8+/t31-,32+,35-,38+,43-,44-,54?/m0/s1. The van der Waals surface area contributed by atoms with E-state index in [0.29, 0.717) is 24.0 Å². The van der Waals surface area contributed by atoms with E-state index < -0.39 is 15.3 Å². The number of aryl methyl sites for hydroxylation is 1. The average Bonchev–Trinajstić information content (AvgIpc) is 3.25. The van der Waals surface area contributed by atoms with Gasteiger partial charge in [0.2, 0.25) is 0 Å². The quantitative estimate of drug-likeness (QED) is 0.260. The highest BCUT2D eigenvalue weighted by Crippen LogP contribution is 2.49. The SMILES string of the molecule is C=S1(=O)NC(=O)c2ccc3c(c2)N(C[C@@H]2CC[C@H]2[C@](CN2CCN(CC(C)(C)C)CC2)(OC)/C=C/C[C@H](C)[C@H]1C)C[C@@]1(CCCc2cc(Cl)ccc21)CO3. The number of nitrogens with zero attached hydrogens (tertiary/aromatic N) is 3. The Morgan fingerprint density at radius 1 is 1.07 bits per heavy atom. The third-order valence-corrected chi connectivity index (χ3v) is 15.8. The molecule has 3 aliphatic heterocycles. The van der Waals surface area contributed by atoms with Crippen molar-refractivity contribution < 1.29 is 18.5 Å². The van der Waals surface area contributed by atoms with E-state index in [1.807, 2.05) is 32.2 Å². The Morgan fingerprint density at radius 2 is 1.83 bits per heavy atom. The molecule has 1 unspecified atom stereocenters. The molecule has 1 N–H and O–H groups in total. The second-order valence-electron chi connectivity index (χ2n) is 18.5. The molecule has 54 heavy (non-hydrogen) atoms. The fourth-order valence-electron chi connectivity index (χ4n) is 10.0. The van der Waals surface area contributed by atoms with Gasteiger partial charge in [-0.3, -0.25) is 14.4 Å². The number of carbonyl (C=O) groups excluding carboxylic acids is 1. The van der Waals surface area contributed by atoms with Gasteiger partial charge in [0, 0.05) is 80.7 Å². The number of piperazine rings is 1. The normalized spacial score (nSPS) is 34.5. The molecule has 5 aliphatic rings. The van der Waals surface area contributed by atoms with Gasteiger partial charge < -0.3 is 19.3 Å². The van der Waals surface area contributed by atoms with Crippen LogP contribution in [-0.2, 0) is 26.3 Å². The van der Waals surface area contributed by atoms with Crippen molar-refractivity contribution in [3.63, 3.8) is 0 Å². The lowest BCUT2D eigenvalue weighted by molar-refractivity contribution is -0.0959. The minimum atomic E-state index is -2.95. The summed E-state index contributed by atoms with van der Waals surface area (Å²) < 4.78 is 30.5. The smallest absolute Gasteiger partial charge is 0.262 e. The molecule has 10 heteroatoms. The molecule has 2 fully saturated rings. The number of anilines is 1. The van der Waals surface area contributed by atoms with Crippen LogP contribution in [0.1, 0.15) is 88.2 Å². The maximum Gasteiger partial charge on any atom is 0.262 e. The van der Waals surface area contributed by atoms with E-state index >= 15 is 0 Å². The molecule has 7 atom stereocenters. The second kappa shape index (κ2) is 15.4. The Balaban J connectivity index is 1.26. The van der Waals surface area contributed by atoms with Crippen molar-refractivity contribution in [3.8, 4) is 5.75 Å². The first-order valence-electron chi connectivity index (χ1n) is 20.3. The van der Waals surface area contributed by atoms with E-state index in [9.17, 15) is 9.00 Å². The van der Waals surface area contributed by atoms with Crippen molar-refractivity contribution in [2.45, 2.75) is 89.4 Å². The van der Waals surface area contributed by atoms with Crippen molar-refractivity contribution in [2.75, 3.05) is 71.0 Å². The van der Waals surface area contributed by atoms with Crippen LogP contribution < -0.4 is 14.4 Å². The second-order valence-corrected chi connectivity index (χ2v) is 21.3. The Morgan fingerprint density at radius 3 is 2.54 bits per heavy atom. The summed E-state index contributed by atoms with van der Waals surface area (Å²) in [5.74, 6) is 5.24. The number of hydrogen-bond acceptors (Lipinski definition) is 7. The van der Waals surface area contributed by atoms with Gasteiger partial charge in [-0.25, -0.2) is 4.21 Å². The highest BCUT2D eigenvalue weighted by molar-refractivity contribution is 7.99. The highest BCUT2D eigenvalue weighted by Gasteiger charge is 2.50. The highest BCUT2D eigenvalue weighted by atomic mass is 35.5. The van der Waals surface area contributed by atoms with Crippen LogP contribution in [0.25, 0.3) is 0 Å². The molecular formula is C44H63ClN4O4S. The van der Waals surface area contributed by atoms with Crippen LogP contribution in [-0.4, -0.2) is 103 Å². The number of fused-ring (bicyclic) bond motifs is 4. The summed E-state index contributed by atoms with van der Waals surface area (Å²) in [5, 5.41) is 0.440. The fraction of sp³-hybridized carbons (Fsp3) is 0.636. The number of methoxy groups -OCH3 is 1. The van der Waals surface area contributed by atoms with Crippen LogP contribution >= 0.6 is 11.6 Å². The lowest BCUT2D eigenvalue weighted by Crippen LogP contribution is -2.59. The molecule has 7 rings (SSSR count). The molecule has 3 heterocycles. The predicted molar refractivity (Wildman–Crippen MR) is 224 cm³/mol. The van der Waals surface area contributed by atoms with Gasteiger partial charge in [0.25, 0.3) is 5.91 Å². The van der Waals surface area contributed by atoms with Gasteiger partial charge in [0.05, 0.1) is 22.0 Å². The number of nitrogens with one attached hydrogen (secondary N) is 1. The molecule has 2 aromatic rings. The summed E-state index contributed by atoms with van der Waals surface area (Å²) in [6.07, 6.45) is 10.6. The van der Waals surface area contributed by atoms with Gasteiger partial charge >= 0.3 is 0 Å². The minimum absolute atomic E-state index is 0.0347. The van der Waals surface area contributed by atoms with Crippen LogP contribution in [0.3, 0.4) is 0 Å². The van der Waals surface area contributed by atoms with Gasteiger partial charge in [-0.1, -0.05) is 57.5 Å². The molecule has 0 aromatic heterocycles. The first-order chi connectivity index (χ1) is 25.6. The molecule has 296 valence electrons. The zero-order valence-corrected chi connectivity index (χ0v) is 35.1. The third-order valence-electron chi connectivity index (χ3n) is 13.4. The Bertz CT molecular complexity index is 1840. The lowest BCUT2D eigenvalue weighted by atomic mass is 9.63. The summed E-state index contributed by atoms with van der Waals surface area (Å²) in [7, 11) is -1.05. The molecule has 2 bridgehead atoms. The number of hydrogen-bond donors (Lipinski definition) is 1. The Kier molecular flexibility index (Phi) is 11.3. The molecular weight excluding hydrogens is 716 g/mol. The van der Waals surface area contributed by atoms with Crippen molar-refractivity contribution in [3.05, 3.63) is 70.3 Å². The van der Waals surface area contributed by atoms with E-state index in [2.05, 4.69) is 77.3 Å². The van der Waals surface area contributed by atoms with Crippen LogP contribution in [0.5, 0.6) is 5.75 Å². The molecule has 2 aromatic carbocycles. The minimum Gasteiger partial charge on any atom is -0.490 e. The summed E-state index contributed by atoms with van der Waals surface area (Å²) in [6.45, 7) is 19.3. The lowest BCUT2D eigenvalue weighted by Gasteiger charge is -2.52. The number of ether oxygens (including phenoxy) is 2. The van der Waals surface area contributed by atoms with Gasteiger partial charge in [-0.05, 0) is 116 Å². The monoisotopic (exact) mass is 778 g/mol. The molecule has 1 amide bonds. The number of allylic oxidation sites excluding steroid dienone is 1. The Labute approximate surface area is 330 Å². The van der Waals surface area contributed by atoms with E-state index in [0.717, 1.165) is 107 Å². The topological polar surface area (TPSA) is 74.4 Å². The van der Waals surface area contributed by atoms with Gasteiger partial charge in [0.15, 0.2) is 0 Å². The molecule has 1 saturated heterocycles. The van der Waals surface area contributed by atoms with Crippen LogP contribution in [0.15, 0.2) is 48.6 Å². The van der Waals surface area contributed by atoms with Crippen LogP contribution in [0, 0.1) is 23.2 Å². The summed E-state index contributed by atoms with van der Waals surface area (Å²) in [5.41, 5.74) is 3.60. The summed E-state index contributed by atoms with van der Waals surface area (Å²) in [4.78, 5) is 21.6. The number of carbonyl (C=O) groups is 1. The first-order valence-corrected chi connectivity index (χ1v) is 22.4. The zero-order chi connectivity index (χ0) is 38.5. The number of halogens is 1. The van der Waals surface area contributed by atoms with Gasteiger partial charge in [0.1, 0.15) is 11.4 Å². The van der Waals surface area contributed by atoms with E-state index in [4.69, 9.17) is 21.1 Å².